The summed E-state index contributed by atoms with van der Waals surface area (Å²) in [6, 6.07) is 5.79. The molecular formula is C9H13NO2. The van der Waals surface area contributed by atoms with Crippen LogP contribution in [0.15, 0.2) is 18.2 Å². The summed E-state index contributed by atoms with van der Waals surface area (Å²) in [5, 5.41) is 0. The lowest BCUT2D eigenvalue weighted by Gasteiger charge is -2.05. The van der Waals surface area contributed by atoms with Gasteiger partial charge in [0.2, 0.25) is 0 Å². The van der Waals surface area contributed by atoms with E-state index in [1.807, 2.05) is 25.1 Å². The van der Waals surface area contributed by atoms with Crippen molar-refractivity contribution in [1.29, 1.82) is 0 Å². The molecule has 0 spiro atoms. The lowest BCUT2D eigenvalue weighted by atomic mass is 10.1. The molecule has 0 amide bonds. The highest BCUT2D eigenvalue weighted by Crippen LogP contribution is 2.16. The van der Waals surface area contributed by atoms with Crippen molar-refractivity contribution in [3.63, 3.8) is 0 Å². The van der Waals surface area contributed by atoms with E-state index in [1.54, 1.807) is 7.11 Å². The predicted molar refractivity (Wildman–Crippen MR) is 46.7 cm³/mol. The molecule has 1 aromatic carbocycles. The van der Waals surface area contributed by atoms with Crippen molar-refractivity contribution in [3.8, 4) is 5.75 Å². The minimum Gasteiger partial charge on any atom is -0.497 e. The predicted octanol–water partition coefficient (Wildman–Crippen LogP) is 1.39. The van der Waals surface area contributed by atoms with Crippen molar-refractivity contribution < 1.29 is 9.57 Å². The van der Waals surface area contributed by atoms with Crippen LogP contribution in [0.4, 0.5) is 0 Å². The van der Waals surface area contributed by atoms with Gasteiger partial charge in [0.1, 0.15) is 5.75 Å². The third kappa shape index (κ3) is 1.96. The molecule has 2 N–H and O–H groups in total. The summed E-state index contributed by atoms with van der Waals surface area (Å²) in [4.78, 5) is 4.54. The van der Waals surface area contributed by atoms with Gasteiger partial charge in [0, 0.05) is 0 Å². The van der Waals surface area contributed by atoms with Crippen LogP contribution in [0.25, 0.3) is 0 Å². The van der Waals surface area contributed by atoms with E-state index in [1.165, 1.54) is 0 Å². The maximum Gasteiger partial charge on any atom is 0.119 e. The molecular weight excluding hydrogens is 154 g/mol. The summed E-state index contributed by atoms with van der Waals surface area (Å²) in [6.07, 6.45) is 0. The largest absolute Gasteiger partial charge is 0.497 e. The highest BCUT2D eigenvalue weighted by molar-refractivity contribution is 5.34. The average Bonchev–Trinajstić information content (AvgIpc) is 2.09. The Labute approximate surface area is 72.0 Å². The second-order valence-corrected chi connectivity index (χ2v) is 2.60. The van der Waals surface area contributed by atoms with Gasteiger partial charge in [0.05, 0.1) is 13.7 Å². The van der Waals surface area contributed by atoms with E-state index in [2.05, 4.69) is 4.84 Å². The maximum absolute atomic E-state index is 5.06. The van der Waals surface area contributed by atoms with Gasteiger partial charge in [-0.15, -0.1) is 0 Å². The first-order valence-corrected chi connectivity index (χ1v) is 3.73. The third-order valence-corrected chi connectivity index (χ3v) is 1.79. The molecule has 0 atom stereocenters. The quantitative estimate of drug-likeness (QED) is 0.692. The number of rotatable bonds is 3. The number of hydrogen-bond acceptors (Lipinski definition) is 3. The molecule has 66 valence electrons. The van der Waals surface area contributed by atoms with E-state index in [-0.39, 0.29) is 0 Å². The summed E-state index contributed by atoms with van der Waals surface area (Å²) in [5.41, 5.74) is 2.21. The molecule has 0 aliphatic carbocycles. The van der Waals surface area contributed by atoms with Gasteiger partial charge in [-0.3, -0.25) is 4.84 Å². The number of ether oxygens (including phenoxy) is 1. The van der Waals surface area contributed by atoms with E-state index in [4.69, 9.17) is 10.6 Å². The first kappa shape index (κ1) is 9.03. The van der Waals surface area contributed by atoms with Crippen LogP contribution >= 0.6 is 0 Å². The van der Waals surface area contributed by atoms with Crippen molar-refractivity contribution in [3.05, 3.63) is 29.3 Å². The van der Waals surface area contributed by atoms with Gasteiger partial charge in [-0.25, -0.2) is 5.90 Å². The summed E-state index contributed by atoms with van der Waals surface area (Å²) in [6.45, 7) is 2.44. The minimum absolute atomic E-state index is 0.440. The second kappa shape index (κ2) is 4.09. The van der Waals surface area contributed by atoms with Crippen LogP contribution in [0.1, 0.15) is 11.1 Å². The topological polar surface area (TPSA) is 44.5 Å². The zero-order valence-corrected chi connectivity index (χ0v) is 7.33. The van der Waals surface area contributed by atoms with Gasteiger partial charge in [0.15, 0.2) is 0 Å². The zero-order valence-electron chi connectivity index (χ0n) is 7.33. The highest BCUT2D eigenvalue weighted by atomic mass is 16.6. The van der Waals surface area contributed by atoms with Gasteiger partial charge >= 0.3 is 0 Å². The number of hydrogen-bond donors (Lipinski definition) is 1. The second-order valence-electron chi connectivity index (χ2n) is 2.60. The molecule has 1 aromatic rings. The molecule has 0 aliphatic rings. The molecule has 0 saturated carbocycles. The lowest BCUT2D eigenvalue weighted by molar-refractivity contribution is 0.123. The number of methoxy groups -OCH3 is 1. The smallest absolute Gasteiger partial charge is 0.119 e. The van der Waals surface area contributed by atoms with Crippen LogP contribution < -0.4 is 10.6 Å². The maximum atomic E-state index is 5.06. The molecule has 0 radical (unpaired) electrons. The molecule has 0 aliphatic heterocycles. The first-order chi connectivity index (χ1) is 5.77. The van der Waals surface area contributed by atoms with Crippen LogP contribution in [0, 0.1) is 6.92 Å². The van der Waals surface area contributed by atoms with Crippen molar-refractivity contribution >= 4 is 0 Å². The van der Waals surface area contributed by atoms with E-state index in [0.29, 0.717) is 6.61 Å². The van der Waals surface area contributed by atoms with Crippen molar-refractivity contribution in [2.75, 3.05) is 7.11 Å². The van der Waals surface area contributed by atoms with Gasteiger partial charge < -0.3 is 4.74 Å². The molecule has 0 fully saturated rings. The fourth-order valence-electron chi connectivity index (χ4n) is 1.05. The average molecular weight is 167 g/mol. The molecule has 0 saturated heterocycles. The van der Waals surface area contributed by atoms with Crippen molar-refractivity contribution in [2.24, 2.45) is 5.90 Å². The monoisotopic (exact) mass is 167 g/mol. The Kier molecular flexibility index (Phi) is 3.08. The molecule has 3 nitrogen and oxygen atoms in total. The SMILES string of the molecule is COc1ccc(CON)c(C)c1. The Morgan fingerprint density at radius 2 is 2.17 bits per heavy atom. The normalized spacial score (nSPS) is 9.92. The van der Waals surface area contributed by atoms with Crippen LogP contribution in [0.5, 0.6) is 5.75 Å². The Hall–Kier alpha value is -1.06. The summed E-state index contributed by atoms with van der Waals surface area (Å²) >= 11 is 0. The molecule has 12 heavy (non-hydrogen) atoms. The summed E-state index contributed by atoms with van der Waals surface area (Å²) in [5.74, 6) is 5.82. The van der Waals surface area contributed by atoms with E-state index < -0.39 is 0 Å². The Bertz CT molecular complexity index is 261. The number of nitrogens with two attached hydrogens (primary N) is 1. The Morgan fingerprint density at radius 1 is 1.42 bits per heavy atom. The molecule has 0 heterocycles. The van der Waals surface area contributed by atoms with E-state index in [0.717, 1.165) is 16.9 Å². The van der Waals surface area contributed by atoms with Crippen molar-refractivity contribution in [1.82, 2.24) is 0 Å². The van der Waals surface area contributed by atoms with Gasteiger partial charge in [0.25, 0.3) is 0 Å². The zero-order chi connectivity index (χ0) is 8.97. The minimum atomic E-state index is 0.440. The molecule has 0 unspecified atom stereocenters. The molecule has 0 aromatic heterocycles. The molecule has 1 rings (SSSR count). The lowest BCUT2D eigenvalue weighted by Crippen LogP contribution is -2.00. The molecule has 3 heteroatoms. The van der Waals surface area contributed by atoms with Crippen LogP contribution in [-0.4, -0.2) is 7.11 Å². The highest BCUT2D eigenvalue weighted by Gasteiger charge is 1.98. The Morgan fingerprint density at radius 3 is 2.67 bits per heavy atom. The van der Waals surface area contributed by atoms with Crippen LogP contribution in [0.3, 0.4) is 0 Å². The van der Waals surface area contributed by atoms with Gasteiger partial charge in [-0.05, 0) is 30.2 Å². The standard InChI is InChI=1S/C9H13NO2/c1-7-5-9(11-2)4-3-8(7)6-12-10/h3-5H,6,10H2,1-2H3. The Balaban J connectivity index is 2.87. The van der Waals surface area contributed by atoms with E-state index in [9.17, 15) is 0 Å². The first-order valence-electron chi connectivity index (χ1n) is 3.73. The van der Waals surface area contributed by atoms with Gasteiger partial charge in [-0.2, -0.15) is 0 Å². The molecule has 0 bridgehead atoms. The van der Waals surface area contributed by atoms with Gasteiger partial charge in [-0.1, -0.05) is 6.07 Å². The summed E-state index contributed by atoms with van der Waals surface area (Å²) in [7, 11) is 1.65. The van der Waals surface area contributed by atoms with E-state index >= 15 is 0 Å². The van der Waals surface area contributed by atoms with Crippen molar-refractivity contribution in [2.45, 2.75) is 13.5 Å². The van der Waals surface area contributed by atoms with Crippen LogP contribution in [0.2, 0.25) is 0 Å². The number of aryl methyl sites for hydroxylation is 1. The fourth-order valence-corrected chi connectivity index (χ4v) is 1.05. The fraction of sp³-hybridized carbons (Fsp3) is 0.333. The van der Waals surface area contributed by atoms with Crippen LogP contribution in [-0.2, 0) is 11.4 Å². The summed E-state index contributed by atoms with van der Waals surface area (Å²) < 4.78 is 5.06. The number of benzene rings is 1. The third-order valence-electron chi connectivity index (χ3n) is 1.79.